The highest BCUT2D eigenvalue weighted by Crippen LogP contribution is 2.41. The summed E-state index contributed by atoms with van der Waals surface area (Å²) in [6.07, 6.45) is 0.316. The van der Waals surface area contributed by atoms with Crippen LogP contribution in [0.5, 0.6) is 0 Å². The SMILES string of the molecule is CC1(C)OB(C(F)=C(CN2CCC(O)C2)c2ccccc2Cl)OC1(C)C. The van der Waals surface area contributed by atoms with Crippen LogP contribution in [0.15, 0.2) is 30.0 Å². The van der Waals surface area contributed by atoms with Gasteiger partial charge in [0.25, 0.3) is 0 Å². The van der Waals surface area contributed by atoms with Crippen molar-refractivity contribution in [1.29, 1.82) is 0 Å². The van der Waals surface area contributed by atoms with Crippen molar-refractivity contribution in [1.82, 2.24) is 4.90 Å². The van der Waals surface area contributed by atoms with Crippen molar-refractivity contribution in [3.05, 3.63) is 40.6 Å². The molecule has 1 aromatic rings. The molecule has 1 aromatic carbocycles. The van der Waals surface area contributed by atoms with Crippen LogP contribution in [-0.2, 0) is 9.31 Å². The van der Waals surface area contributed by atoms with Crippen LogP contribution in [0.25, 0.3) is 5.57 Å². The minimum Gasteiger partial charge on any atom is -0.398 e. The predicted octanol–water partition coefficient (Wildman–Crippen LogP) is 3.72. The fourth-order valence-electron chi connectivity index (χ4n) is 3.26. The fraction of sp³-hybridized carbons (Fsp3) is 0.579. The van der Waals surface area contributed by atoms with E-state index in [4.69, 9.17) is 20.9 Å². The summed E-state index contributed by atoms with van der Waals surface area (Å²) in [6, 6.07) is 7.19. The topological polar surface area (TPSA) is 41.9 Å². The minimum atomic E-state index is -1.07. The quantitative estimate of drug-likeness (QED) is 0.807. The van der Waals surface area contributed by atoms with Gasteiger partial charge in [0.15, 0.2) is 0 Å². The first-order valence-electron chi connectivity index (χ1n) is 9.00. The van der Waals surface area contributed by atoms with Crippen LogP contribution in [0, 0.1) is 0 Å². The third kappa shape index (κ3) is 3.85. The van der Waals surface area contributed by atoms with Crippen LogP contribution in [0.2, 0.25) is 5.02 Å². The zero-order valence-electron chi connectivity index (χ0n) is 15.8. The number of hydrogen-bond donors (Lipinski definition) is 1. The molecule has 1 unspecified atom stereocenters. The van der Waals surface area contributed by atoms with E-state index in [0.29, 0.717) is 42.2 Å². The van der Waals surface area contributed by atoms with Crippen molar-refractivity contribution in [2.45, 2.75) is 51.4 Å². The molecule has 2 saturated heterocycles. The van der Waals surface area contributed by atoms with Crippen molar-refractivity contribution >= 4 is 24.3 Å². The smallest absolute Gasteiger partial charge is 0.398 e. The molecule has 0 bridgehead atoms. The monoisotopic (exact) mass is 381 g/mol. The summed E-state index contributed by atoms with van der Waals surface area (Å²) in [5.41, 5.74) is -0.626. The predicted molar refractivity (Wildman–Crippen MR) is 103 cm³/mol. The van der Waals surface area contributed by atoms with E-state index in [2.05, 4.69) is 0 Å². The Labute approximate surface area is 160 Å². The van der Waals surface area contributed by atoms with E-state index in [1.807, 2.05) is 44.7 Å². The number of likely N-dealkylation sites (tertiary alicyclic amines) is 1. The number of rotatable bonds is 4. The van der Waals surface area contributed by atoms with Gasteiger partial charge >= 0.3 is 7.12 Å². The standard InChI is InChI=1S/C19H26BClFNO3/c1-18(2)19(3,4)26-20(25-18)17(22)15(12-23-10-9-13(24)11-23)14-7-5-6-8-16(14)21/h5-8,13,24H,9-12H2,1-4H3. The Hall–Kier alpha value is -0.915. The highest BCUT2D eigenvalue weighted by atomic mass is 35.5. The van der Waals surface area contributed by atoms with Crippen molar-refractivity contribution in [3.63, 3.8) is 0 Å². The lowest BCUT2D eigenvalue weighted by atomic mass is 9.82. The second-order valence-electron chi connectivity index (χ2n) is 8.07. The average molecular weight is 382 g/mol. The zero-order chi connectivity index (χ0) is 19.1. The molecule has 1 atom stereocenters. The maximum atomic E-state index is 15.6. The maximum Gasteiger partial charge on any atom is 0.525 e. The maximum absolute atomic E-state index is 15.6. The highest BCUT2D eigenvalue weighted by Gasteiger charge is 2.53. The number of aliphatic hydroxyl groups is 1. The number of benzene rings is 1. The lowest BCUT2D eigenvalue weighted by Gasteiger charge is -2.32. The number of aliphatic hydroxyl groups excluding tert-OH is 1. The number of β-amino-alcohol motifs (C(OH)–C–C–N with tert-alkyl or cyclic N) is 1. The normalized spacial score (nSPS) is 26.3. The van der Waals surface area contributed by atoms with Crippen LogP contribution in [0.3, 0.4) is 0 Å². The van der Waals surface area contributed by atoms with E-state index in [-0.39, 0.29) is 6.10 Å². The van der Waals surface area contributed by atoms with Gasteiger partial charge in [-0.15, -0.1) is 0 Å². The third-order valence-electron chi connectivity index (χ3n) is 5.58. The Morgan fingerprint density at radius 3 is 2.42 bits per heavy atom. The van der Waals surface area contributed by atoms with Gasteiger partial charge in [0, 0.05) is 30.2 Å². The van der Waals surface area contributed by atoms with E-state index in [1.165, 1.54) is 0 Å². The molecular formula is C19H26BClFNO3. The molecule has 0 radical (unpaired) electrons. The van der Waals surface area contributed by atoms with Crippen LogP contribution >= 0.6 is 11.6 Å². The second-order valence-corrected chi connectivity index (χ2v) is 8.48. The molecule has 0 saturated carbocycles. The van der Waals surface area contributed by atoms with Crippen molar-refractivity contribution < 1.29 is 18.8 Å². The zero-order valence-corrected chi connectivity index (χ0v) is 16.5. The summed E-state index contributed by atoms with van der Waals surface area (Å²) < 4.78 is 27.3. The molecule has 0 spiro atoms. The van der Waals surface area contributed by atoms with Gasteiger partial charge in [-0.2, -0.15) is 0 Å². The van der Waals surface area contributed by atoms with Gasteiger partial charge in [-0.05, 0) is 45.7 Å². The summed E-state index contributed by atoms with van der Waals surface area (Å²) in [7, 11) is -1.07. The molecule has 4 nitrogen and oxygen atoms in total. The molecule has 0 aromatic heterocycles. The fourth-order valence-corrected chi connectivity index (χ4v) is 3.51. The summed E-state index contributed by atoms with van der Waals surface area (Å²) in [5.74, 6) is 0. The van der Waals surface area contributed by atoms with Gasteiger partial charge in [0.1, 0.15) is 5.73 Å². The van der Waals surface area contributed by atoms with Crippen LogP contribution in [-0.4, -0.2) is 54.1 Å². The Morgan fingerprint density at radius 2 is 1.88 bits per heavy atom. The molecule has 3 rings (SSSR count). The van der Waals surface area contributed by atoms with E-state index in [0.717, 1.165) is 0 Å². The van der Waals surface area contributed by atoms with Gasteiger partial charge in [0.05, 0.1) is 17.3 Å². The molecule has 26 heavy (non-hydrogen) atoms. The molecule has 2 aliphatic rings. The second kappa shape index (κ2) is 7.25. The van der Waals surface area contributed by atoms with Gasteiger partial charge in [-0.3, -0.25) is 4.90 Å². The van der Waals surface area contributed by atoms with Crippen LogP contribution < -0.4 is 0 Å². The summed E-state index contributed by atoms with van der Waals surface area (Å²) in [6.45, 7) is 9.16. The van der Waals surface area contributed by atoms with E-state index < -0.39 is 24.0 Å². The van der Waals surface area contributed by atoms with E-state index in [9.17, 15) is 5.11 Å². The first-order chi connectivity index (χ1) is 12.1. The van der Waals surface area contributed by atoms with Crippen molar-refractivity contribution in [3.8, 4) is 0 Å². The summed E-state index contributed by atoms with van der Waals surface area (Å²) in [4.78, 5) is 2.02. The van der Waals surface area contributed by atoms with Gasteiger partial charge in [-0.25, -0.2) is 4.39 Å². The van der Waals surface area contributed by atoms with Crippen LogP contribution in [0.1, 0.15) is 39.7 Å². The molecule has 0 aliphatic carbocycles. The van der Waals surface area contributed by atoms with Crippen molar-refractivity contribution in [2.24, 2.45) is 0 Å². The minimum absolute atomic E-state index is 0.344. The Kier molecular flexibility index (Phi) is 5.53. The number of hydrogen-bond acceptors (Lipinski definition) is 4. The first-order valence-corrected chi connectivity index (χ1v) is 9.38. The molecule has 2 fully saturated rings. The van der Waals surface area contributed by atoms with Gasteiger partial charge in [-0.1, -0.05) is 29.8 Å². The Morgan fingerprint density at radius 1 is 1.27 bits per heavy atom. The molecule has 2 heterocycles. The molecule has 1 N–H and O–H groups in total. The van der Waals surface area contributed by atoms with E-state index in [1.54, 1.807) is 12.1 Å². The lowest BCUT2D eigenvalue weighted by Crippen LogP contribution is -2.41. The summed E-state index contributed by atoms with van der Waals surface area (Å²) in [5, 5.41) is 10.3. The molecule has 2 aliphatic heterocycles. The van der Waals surface area contributed by atoms with Gasteiger partial charge < -0.3 is 14.4 Å². The first kappa shape index (κ1) is 19.8. The third-order valence-corrected chi connectivity index (χ3v) is 5.91. The molecule has 7 heteroatoms. The van der Waals surface area contributed by atoms with E-state index >= 15 is 4.39 Å². The number of nitrogens with zero attached hydrogens (tertiary/aromatic N) is 1. The Bertz CT molecular complexity index is 694. The average Bonchev–Trinajstić information content (AvgIpc) is 3.05. The molecular weight excluding hydrogens is 355 g/mol. The largest absolute Gasteiger partial charge is 0.525 e. The molecule has 0 amide bonds. The highest BCUT2D eigenvalue weighted by molar-refractivity contribution is 6.55. The lowest BCUT2D eigenvalue weighted by molar-refractivity contribution is 0.00578. The van der Waals surface area contributed by atoms with Crippen molar-refractivity contribution in [2.75, 3.05) is 19.6 Å². The summed E-state index contributed by atoms with van der Waals surface area (Å²) >= 11 is 6.35. The Balaban J connectivity index is 1.97. The number of halogens is 2. The molecule has 142 valence electrons. The van der Waals surface area contributed by atoms with Crippen LogP contribution in [0.4, 0.5) is 4.39 Å². The van der Waals surface area contributed by atoms with Gasteiger partial charge in [0.2, 0.25) is 0 Å².